The summed E-state index contributed by atoms with van der Waals surface area (Å²) in [6, 6.07) is 19.9. The highest BCUT2D eigenvalue weighted by Crippen LogP contribution is 2.18. The Kier molecular flexibility index (Phi) is 5.84. The number of nitrogens with one attached hydrogen (secondary N) is 2. The molecule has 0 spiro atoms. The highest BCUT2D eigenvalue weighted by atomic mass is 16.2. The van der Waals surface area contributed by atoms with Crippen LogP contribution >= 0.6 is 0 Å². The summed E-state index contributed by atoms with van der Waals surface area (Å²) in [4.78, 5) is 29.3. The molecule has 7 heteroatoms. The molecule has 7 nitrogen and oxygen atoms in total. The molecule has 0 aliphatic carbocycles. The Bertz CT molecular complexity index is 1200. The minimum Gasteiger partial charge on any atom is -0.348 e. The Balaban J connectivity index is 1.48. The number of nitrogens with zero attached hydrogens (tertiary/aromatic N) is 3. The monoisotopic (exact) mass is 411 g/mol. The highest BCUT2D eigenvalue weighted by Gasteiger charge is 2.13. The molecule has 4 aromatic rings. The number of rotatable bonds is 6. The van der Waals surface area contributed by atoms with E-state index < -0.39 is 0 Å². The smallest absolute Gasteiger partial charge is 0.274 e. The minimum atomic E-state index is -0.325. The van der Waals surface area contributed by atoms with Crippen molar-refractivity contribution in [2.75, 3.05) is 5.32 Å². The van der Waals surface area contributed by atoms with Gasteiger partial charge in [-0.2, -0.15) is 5.10 Å². The Morgan fingerprint density at radius 1 is 0.935 bits per heavy atom. The van der Waals surface area contributed by atoms with Gasteiger partial charge < -0.3 is 10.6 Å². The van der Waals surface area contributed by atoms with Crippen molar-refractivity contribution in [3.05, 3.63) is 108 Å². The molecule has 0 fully saturated rings. The zero-order valence-corrected chi connectivity index (χ0v) is 16.9. The van der Waals surface area contributed by atoms with Gasteiger partial charge in [0.1, 0.15) is 5.69 Å². The van der Waals surface area contributed by atoms with Crippen LogP contribution in [0.3, 0.4) is 0 Å². The van der Waals surface area contributed by atoms with E-state index in [-0.39, 0.29) is 11.8 Å². The molecule has 0 unspecified atom stereocenters. The maximum absolute atomic E-state index is 12.8. The zero-order chi connectivity index (χ0) is 21.6. The van der Waals surface area contributed by atoms with E-state index in [0.29, 0.717) is 23.5 Å². The van der Waals surface area contributed by atoms with Crippen molar-refractivity contribution >= 4 is 17.5 Å². The van der Waals surface area contributed by atoms with Gasteiger partial charge in [-0.25, -0.2) is 4.68 Å². The third kappa shape index (κ3) is 4.67. The van der Waals surface area contributed by atoms with Gasteiger partial charge in [0.25, 0.3) is 11.8 Å². The molecule has 0 aliphatic rings. The molecule has 31 heavy (non-hydrogen) atoms. The lowest BCUT2D eigenvalue weighted by Gasteiger charge is -2.13. The lowest BCUT2D eigenvalue weighted by atomic mass is 10.1. The van der Waals surface area contributed by atoms with E-state index in [2.05, 4.69) is 20.7 Å². The Morgan fingerprint density at radius 3 is 2.55 bits per heavy atom. The standard InChI is InChI=1S/C24H21N5O2/c1-17-10-11-18(15-21(17)28-24(31)20-8-4-5-12-25-20)23(30)26-16-19-7-2-3-9-22(19)29-14-6-13-27-29/h2-15H,16H2,1H3,(H,26,30)(H,28,31). The molecule has 2 aromatic heterocycles. The first kappa shape index (κ1) is 20.0. The fourth-order valence-electron chi connectivity index (χ4n) is 3.15. The second-order valence-electron chi connectivity index (χ2n) is 6.96. The number of benzene rings is 2. The molecule has 0 saturated carbocycles. The topological polar surface area (TPSA) is 88.9 Å². The van der Waals surface area contributed by atoms with Crippen molar-refractivity contribution < 1.29 is 9.59 Å². The predicted octanol–water partition coefficient (Wildman–Crippen LogP) is 3.76. The van der Waals surface area contributed by atoms with Crippen LogP contribution < -0.4 is 10.6 Å². The van der Waals surface area contributed by atoms with E-state index in [1.807, 2.05) is 43.5 Å². The van der Waals surface area contributed by atoms with Crippen LogP contribution in [-0.2, 0) is 6.54 Å². The molecular formula is C24H21N5O2. The van der Waals surface area contributed by atoms with Gasteiger partial charge in [0, 0.05) is 36.4 Å². The molecule has 0 bridgehead atoms. The van der Waals surface area contributed by atoms with Crippen molar-refractivity contribution in [2.45, 2.75) is 13.5 Å². The summed E-state index contributed by atoms with van der Waals surface area (Å²) in [7, 11) is 0. The van der Waals surface area contributed by atoms with E-state index in [4.69, 9.17) is 0 Å². The molecule has 0 saturated heterocycles. The normalized spacial score (nSPS) is 10.5. The Morgan fingerprint density at radius 2 is 1.77 bits per heavy atom. The lowest BCUT2D eigenvalue weighted by molar-refractivity contribution is 0.0949. The van der Waals surface area contributed by atoms with Crippen LogP contribution in [-0.4, -0.2) is 26.6 Å². The number of anilines is 1. The molecule has 2 amide bonds. The van der Waals surface area contributed by atoms with Gasteiger partial charge >= 0.3 is 0 Å². The van der Waals surface area contributed by atoms with Gasteiger partial charge in [-0.05, 0) is 54.4 Å². The van der Waals surface area contributed by atoms with E-state index in [9.17, 15) is 9.59 Å². The Hall–Kier alpha value is -4.26. The van der Waals surface area contributed by atoms with Crippen LogP contribution in [0.4, 0.5) is 5.69 Å². The first-order valence-electron chi connectivity index (χ1n) is 9.81. The van der Waals surface area contributed by atoms with Gasteiger partial charge in [0.05, 0.1) is 5.69 Å². The first-order chi connectivity index (χ1) is 15.1. The Labute approximate surface area is 179 Å². The molecule has 0 radical (unpaired) electrons. The van der Waals surface area contributed by atoms with Gasteiger partial charge in [-0.3, -0.25) is 14.6 Å². The molecular weight excluding hydrogens is 390 g/mol. The maximum atomic E-state index is 12.8. The first-order valence-corrected chi connectivity index (χ1v) is 9.81. The van der Waals surface area contributed by atoms with Crippen molar-refractivity contribution in [3.8, 4) is 5.69 Å². The summed E-state index contributed by atoms with van der Waals surface area (Å²) in [5.41, 5.74) is 4.03. The second-order valence-corrected chi connectivity index (χ2v) is 6.96. The van der Waals surface area contributed by atoms with Crippen LogP contribution in [0.25, 0.3) is 5.69 Å². The van der Waals surface area contributed by atoms with Crippen molar-refractivity contribution in [1.29, 1.82) is 0 Å². The largest absolute Gasteiger partial charge is 0.348 e. The molecule has 0 atom stereocenters. The van der Waals surface area contributed by atoms with Crippen LogP contribution in [0, 0.1) is 6.92 Å². The van der Waals surface area contributed by atoms with E-state index in [0.717, 1.165) is 16.8 Å². The number of aromatic nitrogens is 3. The number of carbonyl (C=O) groups is 2. The van der Waals surface area contributed by atoms with Crippen LogP contribution in [0.2, 0.25) is 0 Å². The average molecular weight is 411 g/mol. The van der Waals surface area contributed by atoms with Crippen molar-refractivity contribution in [3.63, 3.8) is 0 Å². The number of carbonyl (C=O) groups excluding carboxylic acids is 2. The fourth-order valence-corrected chi connectivity index (χ4v) is 3.15. The van der Waals surface area contributed by atoms with Crippen LogP contribution in [0.15, 0.2) is 85.3 Å². The molecule has 154 valence electrons. The van der Waals surface area contributed by atoms with Gasteiger partial charge in [0.2, 0.25) is 0 Å². The van der Waals surface area contributed by atoms with Crippen molar-refractivity contribution in [1.82, 2.24) is 20.1 Å². The third-order valence-corrected chi connectivity index (χ3v) is 4.83. The molecule has 2 N–H and O–H groups in total. The summed E-state index contributed by atoms with van der Waals surface area (Å²) in [5, 5.41) is 10.0. The number of pyridine rings is 1. The summed E-state index contributed by atoms with van der Waals surface area (Å²) in [6.07, 6.45) is 5.13. The molecule has 0 aliphatic heterocycles. The second kappa shape index (κ2) is 9.04. The van der Waals surface area contributed by atoms with E-state index >= 15 is 0 Å². The van der Waals surface area contributed by atoms with Gasteiger partial charge in [-0.15, -0.1) is 0 Å². The summed E-state index contributed by atoms with van der Waals surface area (Å²) in [5.74, 6) is -0.557. The zero-order valence-electron chi connectivity index (χ0n) is 16.9. The predicted molar refractivity (Wildman–Crippen MR) is 118 cm³/mol. The number of amides is 2. The molecule has 2 aromatic carbocycles. The number of para-hydroxylation sites is 1. The van der Waals surface area contributed by atoms with E-state index in [1.54, 1.807) is 53.5 Å². The minimum absolute atomic E-state index is 0.233. The van der Waals surface area contributed by atoms with Crippen molar-refractivity contribution in [2.24, 2.45) is 0 Å². The number of aryl methyl sites for hydroxylation is 1. The third-order valence-electron chi connectivity index (χ3n) is 4.83. The average Bonchev–Trinajstić information content (AvgIpc) is 3.34. The van der Waals surface area contributed by atoms with Crippen LogP contribution in [0.1, 0.15) is 32.0 Å². The lowest BCUT2D eigenvalue weighted by Crippen LogP contribution is -2.24. The maximum Gasteiger partial charge on any atom is 0.274 e. The number of hydrogen-bond donors (Lipinski definition) is 2. The van der Waals surface area contributed by atoms with Gasteiger partial charge in [-0.1, -0.05) is 30.3 Å². The number of hydrogen-bond acceptors (Lipinski definition) is 4. The molecule has 4 rings (SSSR count). The van der Waals surface area contributed by atoms with Gasteiger partial charge in [0.15, 0.2) is 0 Å². The SMILES string of the molecule is Cc1ccc(C(=O)NCc2ccccc2-n2cccn2)cc1NC(=O)c1ccccn1. The summed E-state index contributed by atoms with van der Waals surface area (Å²) in [6.45, 7) is 2.22. The summed E-state index contributed by atoms with van der Waals surface area (Å²) >= 11 is 0. The highest BCUT2D eigenvalue weighted by molar-refractivity contribution is 6.04. The molecule has 2 heterocycles. The van der Waals surface area contributed by atoms with E-state index in [1.165, 1.54) is 0 Å². The quantitative estimate of drug-likeness (QED) is 0.506. The summed E-state index contributed by atoms with van der Waals surface area (Å²) < 4.78 is 1.76. The van der Waals surface area contributed by atoms with Crippen LogP contribution in [0.5, 0.6) is 0 Å². The fraction of sp³-hybridized carbons (Fsp3) is 0.0833.